The fourth-order valence-corrected chi connectivity index (χ4v) is 2.38. The van der Waals surface area contributed by atoms with Gasteiger partial charge in [-0.3, -0.25) is 4.79 Å². The Hall–Kier alpha value is -3.03. The van der Waals surface area contributed by atoms with Crippen LogP contribution in [-0.2, 0) is 18.5 Å². The fourth-order valence-electron chi connectivity index (χ4n) is 2.38. The number of rotatable bonds is 5. The average Bonchev–Trinajstić information content (AvgIpc) is 3.10. The van der Waals surface area contributed by atoms with Gasteiger partial charge in [-0.15, -0.1) is 10.2 Å². The molecule has 0 unspecified atom stereocenters. The Morgan fingerprint density at radius 1 is 1.12 bits per heavy atom. The number of aryl methyl sites for hydroxylation is 2. The zero-order chi connectivity index (χ0) is 18.7. The number of tetrazole rings is 1. The molecule has 2 heterocycles. The van der Waals surface area contributed by atoms with Crippen molar-refractivity contribution in [3.63, 3.8) is 0 Å². The molecule has 136 valence electrons. The summed E-state index contributed by atoms with van der Waals surface area (Å²) in [6, 6.07) is 10.8. The van der Waals surface area contributed by atoms with Crippen LogP contribution >= 0.6 is 0 Å². The van der Waals surface area contributed by atoms with E-state index in [-0.39, 0.29) is 11.1 Å². The topological polar surface area (TPSA) is 87.7 Å². The van der Waals surface area contributed by atoms with E-state index in [4.69, 9.17) is 4.74 Å². The summed E-state index contributed by atoms with van der Waals surface area (Å²) in [7, 11) is 1.62. The highest BCUT2D eigenvalue weighted by molar-refractivity contribution is 5.60. The second-order valence-corrected chi connectivity index (χ2v) is 6.93. The van der Waals surface area contributed by atoms with Gasteiger partial charge >= 0.3 is 0 Å². The molecule has 0 amide bonds. The van der Waals surface area contributed by atoms with Crippen molar-refractivity contribution >= 4 is 0 Å². The number of benzene rings is 1. The Balaban J connectivity index is 1.80. The second-order valence-electron chi connectivity index (χ2n) is 6.93. The molecule has 3 aromatic rings. The van der Waals surface area contributed by atoms with E-state index in [9.17, 15) is 4.79 Å². The van der Waals surface area contributed by atoms with Gasteiger partial charge in [0.25, 0.3) is 5.56 Å². The zero-order valence-electron chi connectivity index (χ0n) is 15.4. The molecule has 0 fully saturated rings. The Morgan fingerprint density at radius 2 is 1.92 bits per heavy atom. The highest BCUT2D eigenvalue weighted by Crippen LogP contribution is 2.21. The highest BCUT2D eigenvalue weighted by atomic mass is 16.5. The minimum Gasteiger partial charge on any atom is -0.497 e. The normalized spacial score (nSPS) is 11.5. The minimum atomic E-state index is -0.230. The lowest BCUT2D eigenvalue weighted by Crippen LogP contribution is -2.25. The van der Waals surface area contributed by atoms with Gasteiger partial charge in [-0.05, 0) is 44.2 Å². The zero-order valence-corrected chi connectivity index (χ0v) is 15.4. The Bertz CT molecular complexity index is 955. The summed E-state index contributed by atoms with van der Waals surface area (Å²) >= 11 is 0. The molecule has 0 aliphatic heterocycles. The summed E-state index contributed by atoms with van der Waals surface area (Å²) < 4.78 is 6.67. The highest BCUT2D eigenvalue weighted by Gasteiger charge is 2.17. The van der Waals surface area contributed by atoms with Crippen LogP contribution in [0.15, 0.2) is 41.2 Å². The summed E-state index contributed by atoms with van der Waals surface area (Å²) in [5.41, 5.74) is 1.19. The van der Waals surface area contributed by atoms with Gasteiger partial charge in [-0.2, -0.15) is 9.90 Å². The predicted molar refractivity (Wildman–Crippen MR) is 97.0 cm³/mol. The molecular weight excluding hydrogens is 332 g/mol. The monoisotopic (exact) mass is 354 g/mol. The van der Waals surface area contributed by atoms with Crippen molar-refractivity contribution in [2.24, 2.45) is 0 Å². The summed E-state index contributed by atoms with van der Waals surface area (Å²) in [6.07, 6.45) is 0.477. The number of nitrogens with zero attached hydrogens (tertiary/aromatic N) is 6. The first-order valence-corrected chi connectivity index (χ1v) is 8.39. The molecule has 0 saturated heterocycles. The summed E-state index contributed by atoms with van der Waals surface area (Å²) in [5, 5.41) is 16.9. The lowest BCUT2D eigenvalue weighted by Gasteiger charge is -2.15. The number of hydrogen-bond donors (Lipinski definition) is 0. The summed E-state index contributed by atoms with van der Waals surface area (Å²) in [5.74, 6) is 1.32. The van der Waals surface area contributed by atoms with E-state index in [0.29, 0.717) is 24.5 Å². The van der Waals surface area contributed by atoms with Crippen LogP contribution in [0.3, 0.4) is 0 Å². The first-order chi connectivity index (χ1) is 12.4. The molecule has 2 aromatic heterocycles. The molecule has 0 radical (unpaired) electrons. The maximum absolute atomic E-state index is 12.1. The Labute approximate surface area is 151 Å². The first-order valence-electron chi connectivity index (χ1n) is 8.39. The molecule has 0 spiro atoms. The largest absolute Gasteiger partial charge is 0.497 e. The quantitative estimate of drug-likeness (QED) is 0.695. The van der Waals surface area contributed by atoms with Crippen molar-refractivity contribution in [1.29, 1.82) is 0 Å². The van der Waals surface area contributed by atoms with Gasteiger partial charge in [-0.1, -0.05) is 12.1 Å². The fraction of sp³-hybridized carbons (Fsp3) is 0.389. The van der Waals surface area contributed by atoms with Crippen LogP contribution in [0.1, 0.15) is 26.6 Å². The molecule has 8 nitrogen and oxygen atoms in total. The van der Waals surface area contributed by atoms with E-state index >= 15 is 0 Å². The van der Waals surface area contributed by atoms with Gasteiger partial charge in [0.15, 0.2) is 5.82 Å². The smallest absolute Gasteiger partial charge is 0.266 e. The van der Waals surface area contributed by atoms with Crippen molar-refractivity contribution < 1.29 is 4.74 Å². The summed E-state index contributed by atoms with van der Waals surface area (Å²) in [6.45, 7) is 6.39. The van der Waals surface area contributed by atoms with Crippen LogP contribution in [0.25, 0.3) is 11.3 Å². The van der Waals surface area contributed by atoms with Gasteiger partial charge in [-0.25, -0.2) is 4.68 Å². The van der Waals surface area contributed by atoms with Crippen LogP contribution in [0.2, 0.25) is 0 Å². The first kappa shape index (κ1) is 17.8. The lowest BCUT2D eigenvalue weighted by molar-refractivity contribution is 0.305. The van der Waals surface area contributed by atoms with E-state index in [1.807, 2.05) is 45.0 Å². The van der Waals surface area contributed by atoms with Crippen LogP contribution in [0.5, 0.6) is 5.75 Å². The SMILES string of the molecule is COc1cccc(-c2ccc(=O)n(CCc3nnn(C(C)(C)C)n3)n2)c1. The lowest BCUT2D eigenvalue weighted by atomic mass is 10.1. The van der Waals surface area contributed by atoms with E-state index in [0.717, 1.165) is 11.3 Å². The molecule has 1 aromatic carbocycles. The number of aromatic nitrogens is 6. The molecule has 0 bridgehead atoms. The van der Waals surface area contributed by atoms with Crippen LogP contribution in [-0.4, -0.2) is 37.1 Å². The Kier molecular flexibility index (Phi) is 4.83. The maximum Gasteiger partial charge on any atom is 0.266 e. The van der Waals surface area contributed by atoms with Crippen LogP contribution in [0.4, 0.5) is 0 Å². The molecule has 0 saturated carbocycles. The van der Waals surface area contributed by atoms with Gasteiger partial charge in [0.2, 0.25) is 0 Å². The third kappa shape index (κ3) is 3.96. The molecule has 0 N–H and O–H groups in total. The van der Waals surface area contributed by atoms with Crippen molar-refractivity contribution in [2.75, 3.05) is 7.11 Å². The molecule has 0 atom stereocenters. The molecule has 8 heteroatoms. The van der Waals surface area contributed by atoms with Crippen molar-refractivity contribution in [3.05, 3.63) is 52.6 Å². The number of methoxy groups -OCH3 is 1. The molecular formula is C18H22N6O2. The van der Waals surface area contributed by atoms with Crippen molar-refractivity contribution in [1.82, 2.24) is 30.0 Å². The number of ether oxygens (including phenoxy) is 1. The third-order valence-electron chi connectivity index (χ3n) is 3.83. The van der Waals surface area contributed by atoms with E-state index in [2.05, 4.69) is 20.5 Å². The second kappa shape index (κ2) is 7.07. The van der Waals surface area contributed by atoms with Crippen molar-refractivity contribution in [2.45, 2.75) is 39.3 Å². The maximum atomic E-state index is 12.1. The predicted octanol–water partition coefficient (Wildman–Crippen LogP) is 1.90. The van der Waals surface area contributed by atoms with E-state index in [1.165, 1.54) is 10.7 Å². The van der Waals surface area contributed by atoms with E-state index < -0.39 is 0 Å². The van der Waals surface area contributed by atoms with Gasteiger partial charge in [0.05, 0.1) is 24.9 Å². The minimum absolute atomic E-state index is 0.167. The molecule has 3 rings (SSSR count). The molecule has 0 aliphatic carbocycles. The third-order valence-corrected chi connectivity index (χ3v) is 3.83. The van der Waals surface area contributed by atoms with Gasteiger partial charge in [0.1, 0.15) is 5.75 Å². The molecule has 26 heavy (non-hydrogen) atoms. The van der Waals surface area contributed by atoms with Gasteiger partial charge in [0, 0.05) is 18.1 Å². The van der Waals surface area contributed by atoms with Crippen LogP contribution in [0, 0.1) is 0 Å². The number of hydrogen-bond acceptors (Lipinski definition) is 6. The van der Waals surface area contributed by atoms with E-state index in [1.54, 1.807) is 18.0 Å². The summed E-state index contributed by atoms with van der Waals surface area (Å²) in [4.78, 5) is 13.7. The molecule has 0 aliphatic rings. The van der Waals surface area contributed by atoms with Gasteiger partial charge < -0.3 is 4.74 Å². The van der Waals surface area contributed by atoms with Crippen molar-refractivity contribution in [3.8, 4) is 17.0 Å². The average molecular weight is 354 g/mol. The standard InChI is InChI=1S/C18H22N6O2/c1-18(2,3)24-21-16(19-22-24)10-11-23-17(25)9-8-15(20-23)13-6-5-7-14(12-13)26-4/h5-9,12H,10-11H2,1-4H3. The van der Waals surface area contributed by atoms with Crippen LogP contribution < -0.4 is 10.3 Å². The Morgan fingerprint density at radius 3 is 2.62 bits per heavy atom.